The molecule has 0 fully saturated rings. The molecule has 0 aliphatic heterocycles. The van der Waals surface area contributed by atoms with E-state index in [2.05, 4.69) is 49.5 Å². The first-order valence-electron chi connectivity index (χ1n) is 7.16. The third kappa shape index (κ3) is 2.99. The van der Waals surface area contributed by atoms with Crippen molar-refractivity contribution in [2.24, 2.45) is 0 Å². The zero-order valence-corrected chi connectivity index (χ0v) is 13.0. The van der Waals surface area contributed by atoms with Crippen LogP contribution in [0.1, 0.15) is 29.0 Å². The smallest absolute Gasteiger partial charge is 0.123 e. The molecule has 3 aromatic rings. The molecule has 1 heterocycles. The zero-order chi connectivity index (χ0) is 14.8. The number of hydrogen-bond donors (Lipinski definition) is 1. The lowest BCUT2D eigenvalue weighted by Gasteiger charge is -2.17. The minimum absolute atomic E-state index is 0.162. The van der Waals surface area contributed by atoms with Crippen molar-refractivity contribution in [2.45, 2.75) is 19.9 Å². The van der Waals surface area contributed by atoms with Crippen LogP contribution < -0.4 is 5.32 Å². The first-order chi connectivity index (χ1) is 10.2. The Morgan fingerprint density at radius 1 is 1.14 bits per heavy atom. The van der Waals surface area contributed by atoms with Gasteiger partial charge < -0.3 is 5.32 Å². The Labute approximate surface area is 128 Å². The highest BCUT2D eigenvalue weighted by atomic mass is 32.1. The summed E-state index contributed by atoms with van der Waals surface area (Å²) in [7, 11) is 0. The van der Waals surface area contributed by atoms with Gasteiger partial charge in [0.2, 0.25) is 0 Å². The molecule has 1 unspecified atom stereocenters. The summed E-state index contributed by atoms with van der Waals surface area (Å²) in [6.45, 7) is 5.10. The topological polar surface area (TPSA) is 12.0 Å². The van der Waals surface area contributed by atoms with E-state index < -0.39 is 0 Å². The van der Waals surface area contributed by atoms with Crippen molar-refractivity contribution >= 4 is 21.4 Å². The molecule has 2 aromatic carbocycles. The molecule has 0 aliphatic rings. The second-order valence-electron chi connectivity index (χ2n) is 5.24. The van der Waals surface area contributed by atoms with Gasteiger partial charge in [-0.2, -0.15) is 0 Å². The van der Waals surface area contributed by atoms with Crippen molar-refractivity contribution in [3.63, 3.8) is 0 Å². The molecule has 0 radical (unpaired) electrons. The van der Waals surface area contributed by atoms with Gasteiger partial charge in [0.05, 0.1) is 6.04 Å². The number of thiophene rings is 1. The van der Waals surface area contributed by atoms with Gasteiger partial charge in [-0.25, -0.2) is 4.39 Å². The van der Waals surface area contributed by atoms with E-state index in [0.29, 0.717) is 0 Å². The van der Waals surface area contributed by atoms with E-state index in [0.717, 1.165) is 16.6 Å². The molecular formula is C18H18FNS. The van der Waals surface area contributed by atoms with E-state index in [1.54, 1.807) is 17.4 Å². The second kappa shape index (κ2) is 5.96. The third-order valence-electron chi connectivity index (χ3n) is 3.57. The van der Waals surface area contributed by atoms with Crippen LogP contribution in [0.15, 0.2) is 48.5 Å². The van der Waals surface area contributed by atoms with Crippen LogP contribution in [0.25, 0.3) is 10.1 Å². The van der Waals surface area contributed by atoms with Gasteiger partial charge in [-0.05, 0) is 48.7 Å². The van der Waals surface area contributed by atoms with Gasteiger partial charge in [0.1, 0.15) is 5.82 Å². The van der Waals surface area contributed by atoms with E-state index >= 15 is 0 Å². The van der Waals surface area contributed by atoms with Gasteiger partial charge in [0.25, 0.3) is 0 Å². The summed E-state index contributed by atoms with van der Waals surface area (Å²) in [6.07, 6.45) is 0. The van der Waals surface area contributed by atoms with Crippen LogP contribution in [0, 0.1) is 12.7 Å². The molecule has 1 N–H and O–H groups in total. The Morgan fingerprint density at radius 3 is 2.76 bits per heavy atom. The minimum atomic E-state index is -0.178. The van der Waals surface area contributed by atoms with Crippen LogP contribution in [-0.4, -0.2) is 6.54 Å². The Bertz CT molecular complexity index is 763. The molecule has 0 saturated carbocycles. The van der Waals surface area contributed by atoms with Crippen molar-refractivity contribution in [1.82, 2.24) is 5.32 Å². The molecule has 0 amide bonds. The summed E-state index contributed by atoms with van der Waals surface area (Å²) in [5.41, 5.74) is 2.51. The summed E-state index contributed by atoms with van der Waals surface area (Å²) in [5.74, 6) is -0.178. The van der Waals surface area contributed by atoms with Gasteiger partial charge in [-0.1, -0.05) is 36.8 Å². The van der Waals surface area contributed by atoms with Crippen LogP contribution in [-0.2, 0) is 0 Å². The lowest BCUT2D eigenvalue weighted by atomic mass is 10.0. The molecule has 21 heavy (non-hydrogen) atoms. The van der Waals surface area contributed by atoms with Crippen molar-refractivity contribution in [3.8, 4) is 0 Å². The quantitative estimate of drug-likeness (QED) is 0.711. The maximum Gasteiger partial charge on any atom is 0.123 e. The minimum Gasteiger partial charge on any atom is -0.306 e. The molecule has 1 aromatic heterocycles. The summed E-state index contributed by atoms with van der Waals surface area (Å²) < 4.78 is 14.5. The molecule has 3 heteroatoms. The lowest BCUT2D eigenvalue weighted by Crippen LogP contribution is -2.21. The largest absolute Gasteiger partial charge is 0.306 e. The van der Waals surface area contributed by atoms with Gasteiger partial charge in [0, 0.05) is 9.58 Å². The molecule has 3 rings (SSSR count). The normalized spacial score (nSPS) is 12.7. The maximum atomic E-state index is 13.4. The average molecular weight is 299 g/mol. The zero-order valence-electron chi connectivity index (χ0n) is 12.2. The molecular weight excluding hydrogens is 281 g/mol. The molecule has 1 atom stereocenters. The monoisotopic (exact) mass is 299 g/mol. The second-order valence-corrected chi connectivity index (χ2v) is 6.35. The molecule has 0 spiro atoms. The Balaban J connectivity index is 2.06. The number of nitrogens with one attached hydrogen (secondary N) is 1. The molecule has 0 bridgehead atoms. The highest BCUT2D eigenvalue weighted by molar-refractivity contribution is 7.19. The summed E-state index contributed by atoms with van der Waals surface area (Å²) >= 11 is 1.73. The van der Waals surface area contributed by atoms with Crippen molar-refractivity contribution in [1.29, 1.82) is 0 Å². The predicted octanol–water partition coefficient (Wildman–Crippen LogP) is 5.05. The van der Waals surface area contributed by atoms with Gasteiger partial charge in [-0.3, -0.25) is 0 Å². The van der Waals surface area contributed by atoms with Gasteiger partial charge in [-0.15, -0.1) is 11.3 Å². The van der Waals surface area contributed by atoms with E-state index in [1.807, 2.05) is 6.07 Å². The number of benzene rings is 2. The van der Waals surface area contributed by atoms with Gasteiger partial charge in [0.15, 0.2) is 0 Å². The number of halogens is 1. The predicted molar refractivity (Wildman–Crippen MR) is 88.5 cm³/mol. The highest BCUT2D eigenvalue weighted by Crippen LogP contribution is 2.33. The van der Waals surface area contributed by atoms with Crippen molar-refractivity contribution in [2.75, 3.05) is 6.54 Å². The van der Waals surface area contributed by atoms with E-state index in [4.69, 9.17) is 0 Å². The SMILES string of the molecule is CCNC(c1cccc(C)c1)c1cc2cc(F)ccc2s1. The Hall–Kier alpha value is -1.71. The fourth-order valence-electron chi connectivity index (χ4n) is 2.61. The molecule has 1 nitrogen and oxygen atoms in total. The molecule has 108 valence electrons. The van der Waals surface area contributed by atoms with Crippen LogP contribution >= 0.6 is 11.3 Å². The fraction of sp³-hybridized carbons (Fsp3) is 0.222. The van der Waals surface area contributed by atoms with Crippen molar-refractivity contribution < 1.29 is 4.39 Å². The first kappa shape index (κ1) is 14.2. The standard InChI is InChI=1S/C18H18FNS/c1-3-20-18(13-6-4-5-12(2)9-13)17-11-14-10-15(19)7-8-16(14)21-17/h4-11,18,20H,3H2,1-2H3. The number of hydrogen-bond acceptors (Lipinski definition) is 2. The van der Waals surface area contributed by atoms with Gasteiger partial charge >= 0.3 is 0 Å². The summed E-state index contributed by atoms with van der Waals surface area (Å²) in [4.78, 5) is 1.23. The van der Waals surface area contributed by atoms with E-state index in [-0.39, 0.29) is 11.9 Å². The number of aryl methyl sites for hydroxylation is 1. The number of rotatable bonds is 4. The number of fused-ring (bicyclic) bond motifs is 1. The molecule has 0 saturated heterocycles. The average Bonchev–Trinajstić information content (AvgIpc) is 2.87. The lowest BCUT2D eigenvalue weighted by molar-refractivity contribution is 0.629. The molecule has 0 aliphatic carbocycles. The van der Waals surface area contributed by atoms with Crippen LogP contribution in [0.3, 0.4) is 0 Å². The van der Waals surface area contributed by atoms with E-state index in [9.17, 15) is 4.39 Å². The van der Waals surface area contributed by atoms with Crippen molar-refractivity contribution in [3.05, 3.63) is 70.4 Å². The summed E-state index contributed by atoms with van der Waals surface area (Å²) in [5, 5.41) is 4.51. The first-order valence-corrected chi connectivity index (χ1v) is 7.98. The summed E-state index contributed by atoms with van der Waals surface area (Å²) in [6, 6.07) is 15.8. The third-order valence-corrected chi connectivity index (χ3v) is 4.75. The van der Waals surface area contributed by atoms with Crippen LogP contribution in [0.5, 0.6) is 0 Å². The maximum absolute atomic E-state index is 13.4. The van der Waals surface area contributed by atoms with Crippen LogP contribution in [0.4, 0.5) is 4.39 Å². The van der Waals surface area contributed by atoms with E-state index in [1.165, 1.54) is 22.1 Å². The van der Waals surface area contributed by atoms with Crippen LogP contribution in [0.2, 0.25) is 0 Å². The Morgan fingerprint density at radius 2 is 2.00 bits per heavy atom. The highest BCUT2D eigenvalue weighted by Gasteiger charge is 2.16. The fourth-order valence-corrected chi connectivity index (χ4v) is 3.76. The Kier molecular flexibility index (Phi) is 4.04.